The Labute approximate surface area is 131 Å². The Hall–Kier alpha value is -1.59. The first kappa shape index (κ1) is 17.5. The predicted molar refractivity (Wildman–Crippen MR) is 83.0 cm³/mol. The highest BCUT2D eigenvalue weighted by atomic mass is 35.5. The van der Waals surface area contributed by atoms with E-state index in [-0.39, 0.29) is 24.7 Å². The number of benzene rings is 1. The molecule has 116 valence electrons. The predicted octanol–water partition coefficient (Wildman–Crippen LogP) is 1.65. The quantitative estimate of drug-likeness (QED) is 0.918. The van der Waals surface area contributed by atoms with Gasteiger partial charge < -0.3 is 10.0 Å². The monoisotopic (exact) mass is 312 g/mol. The summed E-state index contributed by atoms with van der Waals surface area (Å²) in [5.41, 5.74) is 1.75. The molecule has 1 heterocycles. The van der Waals surface area contributed by atoms with Gasteiger partial charge in [-0.3, -0.25) is 14.5 Å². The van der Waals surface area contributed by atoms with Crippen molar-refractivity contribution in [2.75, 3.05) is 32.7 Å². The van der Waals surface area contributed by atoms with Gasteiger partial charge in [-0.2, -0.15) is 0 Å². The number of carboxylic acids is 1. The van der Waals surface area contributed by atoms with Crippen LogP contribution in [0.1, 0.15) is 22.3 Å². The van der Waals surface area contributed by atoms with Crippen LogP contribution in [-0.4, -0.2) is 59.5 Å². The summed E-state index contributed by atoms with van der Waals surface area (Å²) in [6, 6.07) is 7.60. The van der Waals surface area contributed by atoms with Crippen molar-refractivity contribution in [1.29, 1.82) is 0 Å². The number of piperazine rings is 1. The first-order chi connectivity index (χ1) is 9.58. The Bertz CT molecular complexity index is 499. The molecule has 0 bridgehead atoms. The van der Waals surface area contributed by atoms with Gasteiger partial charge in [0, 0.05) is 38.3 Å². The van der Waals surface area contributed by atoms with Gasteiger partial charge in [-0.25, -0.2) is 0 Å². The Balaban J connectivity index is 0.00000220. The molecule has 1 fully saturated rings. The highest BCUT2D eigenvalue weighted by molar-refractivity contribution is 5.95. The molecule has 1 aliphatic heterocycles. The van der Waals surface area contributed by atoms with Crippen LogP contribution in [0.15, 0.2) is 24.3 Å². The summed E-state index contributed by atoms with van der Waals surface area (Å²) in [7, 11) is 0. The van der Waals surface area contributed by atoms with Crippen molar-refractivity contribution >= 4 is 24.3 Å². The summed E-state index contributed by atoms with van der Waals surface area (Å²) in [6.45, 7) is 5.30. The van der Waals surface area contributed by atoms with Crippen LogP contribution in [0, 0.1) is 6.92 Å². The van der Waals surface area contributed by atoms with Gasteiger partial charge in [-0.1, -0.05) is 18.2 Å². The van der Waals surface area contributed by atoms with E-state index in [1.807, 2.05) is 36.1 Å². The van der Waals surface area contributed by atoms with Gasteiger partial charge in [0.15, 0.2) is 0 Å². The molecule has 0 aliphatic carbocycles. The number of aliphatic carboxylic acids is 1. The highest BCUT2D eigenvalue weighted by Gasteiger charge is 2.22. The second-order valence-corrected chi connectivity index (χ2v) is 5.09. The molecule has 1 aromatic rings. The van der Waals surface area contributed by atoms with Crippen LogP contribution in [0.5, 0.6) is 0 Å². The van der Waals surface area contributed by atoms with Crippen molar-refractivity contribution in [1.82, 2.24) is 9.80 Å². The lowest BCUT2D eigenvalue weighted by molar-refractivity contribution is -0.137. The van der Waals surface area contributed by atoms with Crippen molar-refractivity contribution in [2.24, 2.45) is 0 Å². The normalized spacial score (nSPS) is 15.4. The molecular weight excluding hydrogens is 292 g/mol. The van der Waals surface area contributed by atoms with Gasteiger partial charge in [0.25, 0.3) is 5.91 Å². The van der Waals surface area contributed by atoms with Crippen LogP contribution >= 0.6 is 12.4 Å². The van der Waals surface area contributed by atoms with Crippen LogP contribution in [0.3, 0.4) is 0 Å². The first-order valence-corrected chi connectivity index (χ1v) is 6.87. The van der Waals surface area contributed by atoms with E-state index in [2.05, 4.69) is 4.90 Å². The van der Waals surface area contributed by atoms with Crippen LogP contribution in [-0.2, 0) is 4.79 Å². The van der Waals surface area contributed by atoms with E-state index in [1.165, 1.54) is 0 Å². The smallest absolute Gasteiger partial charge is 0.304 e. The molecule has 0 spiro atoms. The van der Waals surface area contributed by atoms with Crippen LogP contribution in [0.2, 0.25) is 0 Å². The molecule has 0 saturated carbocycles. The molecule has 5 nitrogen and oxygen atoms in total. The molecule has 2 rings (SSSR count). The van der Waals surface area contributed by atoms with E-state index >= 15 is 0 Å². The number of carboxylic acid groups (broad SMARTS) is 1. The first-order valence-electron chi connectivity index (χ1n) is 6.87. The minimum absolute atomic E-state index is 0. The average Bonchev–Trinajstić information content (AvgIpc) is 2.45. The Morgan fingerprint density at radius 1 is 1.14 bits per heavy atom. The standard InChI is InChI=1S/C15H20N2O3.ClH/c1-12-4-2-3-5-13(12)15(20)17-10-8-16(9-11-17)7-6-14(18)19;/h2-5H,6-11H2,1H3,(H,18,19);1H. The molecule has 0 atom stereocenters. The largest absolute Gasteiger partial charge is 0.481 e. The number of nitrogens with zero attached hydrogens (tertiary/aromatic N) is 2. The molecule has 21 heavy (non-hydrogen) atoms. The number of hydrogen-bond acceptors (Lipinski definition) is 3. The molecule has 1 amide bonds. The average molecular weight is 313 g/mol. The second-order valence-electron chi connectivity index (χ2n) is 5.09. The number of amides is 1. The van der Waals surface area contributed by atoms with Gasteiger partial charge in [0.2, 0.25) is 0 Å². The second kappa shape index (κ2) is 8.00. The highest BCUT2D eigenvalue weighted by Crippen LogP contribution is 2.12. The zero-order valence-electron chi connectivity index (χ0n) is 12.1. The van der Waals surface area contributed by atoms with Crippen molar-refractivity contribution in [3.05, 3.63) is 35.4 Å². The third-order valence-corrected chi connectivity index (χ3v) is 3.68. The van der Waals surface area contributed by atoms with E-state index in [4.69, 9.17) is 5.11 Å². The van der Waals surface area contributed by atoms with Crippen LogP contribution in [0.4, 0.5) is 0 Å². The SMILES string of the molecule is Cc1ccccc1C(=O)N1CCN(CCC(=O)O)CC1.Cl. The van der Waals surface area contributed by atoms with Crippen molar-refractivity contribution < 1.29 is 14.7 Å². The molecule has 0 aromatic heterocycles. The zero-order chi connectivity index (χ0) is 14.5. The maximum Gasteiger partial charge on any atom is 0.304 e. The van der Waals surface area contributed by atoms with Crippen molar-refractivity contribution in [3.8, 4) is 0 Å². The van der Waals surface area contributed by atoms with Crippen LogP contribution in [0.25, 0.3) is 0 Å². The molecule has 1 aliphatic rings. The minimum Gasteiger partial charge on any atom is -0.481 e. The fourth-order valence-corrected chi connectivity index (χ4v) is 2.41. The third-order valence-electron chi connectivity index (χ3n) is 3.68. The summed E-state index contributed by atoms with van der Waals surface area (Å²) in [6.07, 6.45) is 0.158. The third kappa shape index (κ3) is 4.72. The Morgan fingerprint density at radius 2 is 1.76 bits per heavy atom. The van der Waals surface area contributed by atoms with Gasteiger partial charge in [-0.05, 0) is 18.6 Å². The number of carbonyl (C=O) groups is 2. The van der Waals surface area contributed by atoms with E-state index < -0.39 is 5.97 Å². The molecule has 1 saturated heterocycles. The number of rotatable bonds is 4. The molecule has 6 heteroatoms. The molecule has 0 unspecified atom stereocenters. The van der Waals surface area contributed by atoms with E-state index in [0.29, 0.717) is 19.6 Å². The molecule has 1 N–H and O–H groups in total. The zero-order valence-corrected chi connectivity index (χ0v) is 12.9. The lowest BCUT2D eigenvalue weighted by Crippen LogP contribution is -2.49. The van der Waals surface area contributed by atoms with Crippen molar-refractivity contribution in [2.45, 2.75) is 13.3 Å². The Kier molecular flexibility index (Phi) is 6.65. The number of hydrogen-bond donors (Lipinski definition) is 1. The maximum absolute atomic E-state index is 12.4. The summed E-state index contributed by atoms with van der Waals surface area (Å²) < 4.78 is 0. The number of halogens is 1. The van der Waals surface area contributed by atoms with Crippen LogP contribution < -0.4 is 0 Å². The maximum atomic E-state index is 12.4. The summed E-state index contributed by atoms with van der Waals surface area (Å²) in [4.78, 5) is 26.9. The van der Waals surface area contributed by atoms with E-state index in [0.717, 1.165) is 24.2 Å². The van der Waals surface area contributed by atoms with E-state index in [9.17, 15) is 9.59 Å². The van der Waals surface area contributed by atoms with Crippen molar-refractivity contribution in [3.63, 3.8) is 0 Å². The van der Waals surface area contributed by atoms with Gasteiger partial charge in [0.05, 0.1) is 6.42 Å². The van der Waals surface area contributed by atoms with Gasteiger partial charge in [0.1, 0.15) is 0 Å². The lowest BCUT2D eigenvalue weighted by Gasteiger charge is -2.34. The van der Waals surface area contributed by atoms with Gasteiger partial charge >= 0.3 is 5.97 Å². The number of aryl methyl sites for hydroxylation is 1. The lowest BCUT2D eigenvalue weighted by atomic mass is 10.1. The van der Waals surface area contributed by atoms with Gasteiger partial charge in [-0.15, -0.1) is 12.4 Å². The molecule has 0 radical (unpaired) electrons. The summed E-state index contributed by atoms with van der Waals surface area (Å²) >= 11 is 0. The Morgan fingerprint density at radius 3 is 2.33 bits per heavy atom. The minimum atomic E-state index is -0.775. The fraction of sp³-hybridized carbons (Fsp3) is 0.467. The summed E-state index contributed by atoms with van der Waals surface area (Å²) in [5.74, 6) is -0.704. The van der Waals surface area contributed by atoms with E-state index in [1.54, 1.807) is 0 Å². The topological polar surface area (TPSA) is 60.9 Å². The number of carbonyl (C=O) groups excluding carboxylic acids is 1. The fourth-order valence-electron chi connectivity index (χ4n) is 2.41. The molecular formula is C15H21ClN2O3. The summed E-state index contributed by atoms with van der Waals surface area (Å²) in [5, 5.41) is 8.67. The molecule has 1 aromatic carbocycles.